The summed E-state index contributed by atoms with van der Waals surface area (Å²) in [4.78, 5) is 16.0. The van der Waals surface area contributed by atoms with E-state index < -0.39 is 5.60 Å². The molecule has 0 heterocycles. The van der Waals surface area contributed by atoms with Crippen molar-refractivity contribution in [3.8, 4) is 0 Å². The van der Waals surface area contributed by atoms with Crippen molar-refractivity contribution in [1.29, 1.82) is 0 Å². The second-order valence-corrected chi connectivity index (χ2v) is 6.70. The van der Waals surface area contributed by atoms with Gasteiger partial charge in [-0.25, -0.2) is 4.79 Å². The average Bonchev–Trinajstić information content (AvgIpc) is 3.21. The second kappa shape index (κ2) is 9.54. The van der Waals surface area contributed by atoms with E-state index in [0.717, 1.165) is 31.4 Å². The lowest BCUT2D eigenvalue weighted by atomic mass is 10.2. The van der Waals surface area contributed by atoms with Gasteiger partial charge in [-0.15, -0.1) is 0 Å². The van der Waals surface area contributed by atoms with Gasteiger partial charge < -0.3 is 20.7 Å². The molecule has 0 aromatic heterocycles. The van der Waals surface area contributed by atoms with Crippen molar-refractivity contribution < 1.29 is 9.53 Å². The van der Waals surface area contributed by atoms with Crippen molar-refractivity contribution in [3.63, 3.8) is 0 Å². The molecule has 0 radical (unpaired) electrons. The molecule has 0 unspecified atom stereocenters. The number of nitrogens with zero attached hydrogens (tertiary/aromatic N) is 1. The predicted molar refractivity (Wildman–Crippen MR) is 90.2 cm³/mol. The van der Waals surface area contributed by atoms with E-state index in [9.17, 15) is 4.79 Å². The maximum absolute atomic E-state index is 11.5. The molecule has 1 fully saturated rings. The number of guanidine groups is 1. The number of hydrogen-bond acceptors (Lipinski definition) is 3. The zero-order valence-corrected chi connectivity index (χ0v) is 14.5. The van der Waals surface area contributed by atoms with Crippen molar-refractivity contribution in [3.05, 3.63) is 0 Å². The minimum Gasteiger partial charge on any atom is -0.444 e. The Bertz CT molecular complexity index is 360. The smallest absolute Gasteiger partial charge is 0.407 e. The van der Waals surface area contributed by atoms with Crippen molar-refractivity contribution in [1.82, 2.24) is 16.0 Å². The van der Waals surface area contributed by atoms with Crippen LogP contribution in [0.3, 0.4) is 0 Å². The minimum absolute atomic E-state index is 0.388. The van der Waals surface area contributed by atoms with Crippen LogP contribution < -0.4 is 16.0 Å². The highest BCUT2D eigenvalue weighted by molar-refractivity contribution is 5.79. The van der Waals surface area contributed by atoms with E-state index in [4.69, 9.17) is 4.74 Å². The Kier molecular flexibility index (Phi) is 8.06. The van der Waals surface area contributed by atoms with Crippen LogP contribution in [-0.4, -0.2) is 43.8 Å². The molecule has 0 aromatic rings. The van der Waals surface area contributed by atoms with E-state index in [1.807, 2.05) is 27.7 Å². The highest BCUT2D eigenvalue weighted by Crippen LogP contribution is 2.33. The number of carbonyl (C=O) groups is 1. The molecule has 1 rings (SSSR count). The van der Waals surface area contributed by atoms with Crippen LogP contribution in [0.1, 0.15) is 53.4 Å². The van der Waals surface area contributed by atoms with Crippen molar-refractivity contribution >= 4 is 12.1 Å². The largest absolute Gasteiger partial charge is 0.444 e. The van der Waals surface area contributed by atoms with Crippen LogP contribution in [0, 0.1) is 5.92 Å². The second-order valence-electron chi connectivity index (χ2n) is 6.70. The Morgan fingerprint density at radius 1 is 1.18 bits per heavy atom. The van der Waals surface area contributed by atoms with E-state index in [0.29, 0.717) is 13.1 Å². The summed E-state index contributed by atoms with van der Waals surface area (Å²) in [5.74, 6) is 1.77. The first kappa shape index (κ1) is 18.6. The highest BCUT2D eigenvalue weighted by atomic mass is 16.6. The molecule has 3 N–H and O–H groups in total. The average molecular weight is 312 g/mol. The van der Waals surface area contributed by atoms with Gasteiger partial charge in [0.1, 0.15) is 5.60 Å². The van der Waals surface area contributed by atoms with Gasteiger partial charge in [-0.3, -0.25) is 4.99 Å². The zero-order chi connectivity index (χ0) is 16.4. The lowest BCUT2D eigenvalue weighted by Crippen LogP contribution is -2.42. The molecular weight excluding hydrogens is 280 g/mol. The molecule has 0 aliphatic heterocycles. The lowest BCUT2D eigenvalue weighted by Gasteiger charge is -2.19. The molecule has 1 saturated carbocycles. The van der Waals surface area contributed by atoms with Gasteiger partial charge in [-0.1, -0.05) is 12.8 Å². The Morgan fingerprint density at radius 3 is 2.45 bits per heavy atom. The molecule has 6 heteroatoms. The number of amides is 1. The first-order chi connectivity index (χ1) is 10.4. The van der Waals surface area contributed by atoms with Crippen LogP contribution in [-0.2, 0) is 4.74 Å². The fraction of sp³-hybridized carbons (Fsp3) is 0.875. The van der Waals surface area contributed by atoms with Crippen molar-refractivity contribution in [2.45, 2.75) is 59.0 Å². The summed E-state index contributed by atoms with van der Waals surface area (Å²) >= 11 is 0. The Balaban J connectivity index is 2.13. The summed E-state index contributed by atoms with van der Waals surface area (Å²) in [6.07, 6.45) is 4.86. The molecule has 0 spiro atoms. The third-order valence-electron chi connectivity index (χ3n) is 3.17. The number of ether oxygens (including phenoxy) is 1. The monoisotopic (exact) mass is 312 g/mol. The third-order valence-corrected chi connectivity index (χ3v) is 3.17. The Morgan fingerprint density at radius 2 is 1.86 bits per heavy atom. The minimum atomic E-state index is -0.463. The number of carbonyl (C=O) groups excluding carboxylic acids is 1. The molecule has 1 aliphatic rings. The fourth-order valence-electron chi connectivity index (χ4n) is 1.98. The van der Waals surface area contributed by atoms with Crippen molar-refractivity contribution in [2.24, 2.45) is 10.9 Å². The molecule has 0 atom stereocenters. The van der Waals surface area contributed by atoms with Gasteiger partial charge >= 0.3 is 6.09 Å². The number of nitrogens with one attached hydrogen (secondary N) is 3. The van der Waals surface area contributed by atoms with Gasteiger partial charge in [-0.05, 0) is 46.5 Å². The summed E-state index contributed by atoms with van der Waals surface area (Å²) < 4.78 is 5.18. The molecule has 128 valence electrons. The normalized spacial score (nSPS) is 15.4. The van der Waals surface area contributed by atoms with Gasteiger partial charge in [0.05, 0.1) is 0 Å². The van der Waals surface area contributed by atoms with Gasteiger partial charge in [0.15, 0.2) is 5.96 Å². The summed E-state index contributed by atoms with van der Waals surface area (Å²) in [6, 6.07) is 0. The van der Waals surface area contributed by atoms with Crippen LogP contribution in [0.15, 0.2) is 4.99 Å². The SMILES string of the molecule is CCNC(=NCCCC1CC1)NCCNC(=O)OC(C)(C)C. The standard InChI is InChI=1S/C16H32N4O2/c1-5-17-14(18-10-6-7-13-8-9-13)19-11-12-20-15(21)22-16(2,3)4/h13H,5-12H2,1-4H3,(H,20,21)(H2,17,18,19). The summed E-state index contributed by atoms with van der Waals surface area (Å²) in [5, 5.41) is 9.14. The van der Waals surface area contributed by atoms with Crippen LogP contribution in [0.25, 0.3) is 0 Å². The summed E-state index contributed by atoms with van der Waals surface area (Å²) in [5.41, 5.74) is -0.463. The first-order valence-corrected chi connectivity index (χ1v) is 8.39. The van der Waals surface area contributed by atoms with Crippen LogP contribution in [0.2, 0.25) is 0 Å². The van der Waals surface area contributed by atoms with Gasteiger partial charge in [-0.2, -0.15) is 0 Å². The third kappa shape index (κ3) is 10.3. The zero-order valence-electron chi connectivity index (χ0n) is 14.5. The maximum atomic E-state index is 11.5. The Hall–Kier alpha value is -1.46. The van der Waals surface area contributed by atoms with E-state index in [1.54, 1.807) is 0 Å². The Labute approximate surface area is 134 Å². The molecule has 0 aromatic carbocycles. The number of alkyl carbamates (subject to hydrolysis) is 1. The topological polar surface area (TPSA) is 74.8 Å². The van der Waals surface area contributed by atoms with E-state index in [-0.39, 0.29) is 6.09 Å². The van der Waals surface area contributed by atoms with E-state index >= 15 is 0 Å². The maximum Gasteiger partial charge on any atom is 0.407 e. The quantitative estimate of drug-likeness (QED) is 0.365. The molecule has 0 saturated heterocycles. The van der Waals surface area contributed by atoms with Crippen LogP contribution >= 0.6 is 0 Å². The summed E-state index contributed by atoms with van der Waals surface area (Å²) in [6.45, 7) is 10.4. The fourth-order valence-corrected chi connectivity index (χ4v) is 1.98. The van der Waals surface area contributed by atoms with Gasteiger partial charge in [0.25, 0.3) is 0 Å². The summed E-state index contributed by atoms with van der Waals surface area (Å²) in [7, 11) is 0. The number of hydrogen-bond donors (Lipinski definition) is 3. The molecule has 6 nitrogen and oxygen atoms in total. The number of rotatable bonds is 8. The van der Waals surface area contributed by atoms with E-state index in [1.165, 1.54) is 19.3 Å². The van der Waals surface area contributed by atoms with E-state index in [2.05, 4.69) is 20.9 Å². The molecular formula is C16H32N4O2. The lowest BCUT2D eigenvalue weighted by molar-refractivity contribution is 0.0529. The van der Waals surface area contributed by atoms with Crippen molar-refractivity contribution in [2.75, 3.05) is 26.2 Å². The van der Waals surface area contributed by atoms with Crippen LogP contribution in [0.5, 0.6) is 0 Å². The first-order valence-electron chi connectivity index (χ1n) is 8.39. The molecule has 22 heavy (non-hydrogen) atoms. The molecule has 0 bridgehead atoms. The van der Waals surface area contributed by atoms with Gasteiger partial charge in [0, 0.05) is 26.2 Å². The predicted octanol–water partition coefficient (Wildman–Crippen LogP) is 2.26. The molecule has 1 aliphatic carbocycles. The molecule has 1 amide bonds. The van der Waals surface area contributed by atoms with Crippen LogP contribution in [0.4, 0.5) is 4.79 Å². The number of aliphatic imine (C=N–C) groups is 1. The van der Waals surface area contributed by atoms with Gasteiger partial charge in [0.2, 0.25) is 0 Å². The highest BCUT2D eigenvalue weighted by Gasteiger charge is 2.19.